The Balaban J connectivity index is 1.96. The second kappa shape index (κ2) is 10.8. The van der Waals surface area contributed by atoms with E-state index >= 15 is 0 Å². The van der Waals surface area contributed by atoms with Crippen molar-refractivity contribution in [3.05, 3.63) is 115 Å². The lowest BCUT2D eigenvalue weighted by atomic mass is 10.2. The van der Waals surface area contributed by atoms with Crippen LogP contribution in [-0.4, -0.2) is 14.3 Å². The lowest BCUT2D eigenvalue weighted by Crippen LogP contribution is -2.49. The number of carbonyl (C=O) groups excluding carboxylic acids is 1. The Hall–Kier alpha value is -2.65. The Morgan fingerprint density at radius 1 is 0.690 bits per heavy atom. The summed E-state index contributed by atoms with van der Waals surface area (Å²) in [6.07, 6.45) is 1.96. The van der Waals surface area contributed by atoms with Crippen LogP contribution < -0.4 is 0 Å². The molecule has 0 aliphatic heterocycles. The van der Waals surface area contributed by atoms with Gasteiger partial charge in [-0.15, -0.1) is 0 Å². The maximum atomic E-state index is 12.8. The second-order valence-electron chi connectivity index (χ2n) is 7.60. The summed E-state index contributed by atoms with van der Waals surface area (Å²) in [5, 5.41) is 0. The molecule has 29 heavy (non-hydrogen) atoms. The minimum atomic E-state index is -2.50. The topological polar surface area (TPSA) is 26.3 Å². The molecule has 3 aromatic carbocycles. The van der Waals surface area contributed by atoms with Crippen molar-refractivity contribution in [2.75, 3.05) is 0 Å². The van der Waals surface area contributed by atoms with Crippen molar-refractivity contribution in [3.63, 3.8) is 0 Å². The van der Waals surface area contributed by atoms with Crippen LogP contribution in [0.1, 0.15) is 36.0 Å². The molecule has 0 fully saturated rings. The van der Waals surface area contributed by atoms with Gasteiger partial charge in [0.25, 0.3) is 14.3 Å². The zero-order valence-corrected chi connectivity index (χ0v) is 17.9. The first kappa shape index (κ1) is 21.1. The van der Waals surface area contributed by atoms with Crippen LogP contribution in [0.25, 0.3) is 0 Å². The average Bonchev–Trinajstić information content (AvgIpc) is 2.74. The van der Waals surface area contributed by atoms with E-state index in [0.717, 1.165) is 31.0 Å². The van der Waals surface area contributed by atoms with Gasteiger partial charge in [-0.25, -0.2) is 0 Å². The quantitative estimate of drug-likeness (QED) is 0.400. The van der Waals surface area contributed by atoms with E-state index in [1.54, 1.807) is 0 Å². The summed E-state index contributed by atoms with van der Waals surface area (Å²) in [7, 11) is -2.50. The summed E-state index contributed by atoms with van der Waals surface area (Å²) >= 11 is 0. The van der Waals surface area contributed by atoms with E-state index in [9.17, 15) is 4.79 Å². The highest BCUT2D eigenvalue weighted by atomic mass is 28.4. The van der Waals surface area contributed by atoms with E-state index in [1.165, 1.54) is 16.7 Å². The molecule has 3 rings (SSSR count). The Morgan fingerprint density at radius 3 is 1.41 bits per heavy atom. The van der Waals surface area contributed by atoms with E-state index in [-0.39, 0.29) is 5.97 Å². The minimum absolute atomic E-state index is 0.0805. The van der Waals surface area contributed by atoms with Crippen LogP contribution in [0.3, 0.4) is 0 Å². The van der Waals surface area contributed by atoms with Crippen LogP contribution in [0.2, 0.25) is 0 Å². The van der Waals surface area contributed by atoms with Crippen LogP contribution in [0.15, 0.2) is 91.0 Å². The van der Waals surface area contributed by atoms with Crippen LogP contribution >= 0.6 is 0 Å². The molecule has 3 heteroatoms. The minimum Gasteiger partial charge on any atom is -0.518 e. The van der Waals surface area contributed by atoms with Gasteiger partial charge in [0.1, 0.15) is 0 Å². The molecule has 0 N–H and O–H groups in total. The maximum absolute atomic E-state index is 12.8. The molecular formula is C26H29O2Si. The van der Waals surface area contributed by atoms with Crippen molar-refractivity contribution < 1.29 is 9.22 Å². The lowest BCUT2D eigenvalue weighted by Gasteiger charge is -2.32. The van der Waals surface area contributed by atoms with Gasteiger partial charge in [-0.3, -0.25) is 4.79 Å². The molecule has 3 aromatic rings. The zero-order valence-electron chi connectivity index (χ0n) is 16.9. The highest BCUT2D eigenvalue weighted by Crippen LogP contribution is 2.25. The molecule has 149 valence electrons. The number of rotatable bonds is 10. The SMILES string of the molecule is [CH2]CCCC(=O)O[Si](Cc1ccccc1)(Cc1ccccc1)Cc1ccccc1. The van der Waals surface area contributed by atoms with Crippen LogP contribution in [0.4, 0.5) is 0 Å². The summed E-state index contributed by atoms with van der Waals surface area (Å²) in [6.45, 7) is 3.86. The Kier molecular flexibility index (Phi) is 7.82. The molecule has 0 spiro atoms. The van der Waals surface area contributed by atoms with Crippen molar-refractivity contribution in [2.24, 2.45) is 0 Å². The fourth-order valence-corrected chi connectivity index (χ4v) is 7.88. The molecule has 0 aromatic heterocycles. The summed E-state index contributed by atoms with van der Waals surface area (Å²) < 4.78 is 6.42. The standard InChI is InChI=1S/C26H29O2Si/c1-2-3-19-26(27)28-29(20-23-13-7-4-8-14-23,21-24-15-9-5-10-16-24)22-25-17-11-6-12-18-25/h4-18H,1-3,19-22H2. The number of benzene rings is 3. The molecule has 0 amide bonds. The van der Waals surface area contributed by atoms with Crippen LogP contribution in [-0.2, 0) is 27.4 Å². The summed E-state index contributed by atoms with van der Waals surface area (Å²) in [5.74, 6) is -0.0805. The molecule has 0 unspecified atom stereocenters. The molecule has 0 heterocycles. The van der Waals surface area contributed by atoms with Crippen molar-refractivity contribution in [2.45, 2.75) is 37.4 Å². The number of hydrogen-bond donors (Lipinski definition) is 0. The predicted octanol–water partition coefficient (Wildman–Crippen LogP) is 5.83. The predicted molar refractivity (Wildman–Crippen MR) is 121 cm³/mol. The smallest absolute Gasteiger partial charge is 0.292 e. The third-order valence-corrected chi connectivity index (χ3v) is 8.89. The lowest BCUT2D eigenvalue weighted by molar-refractivity contribution is -0.135. The van der Waals surface area contributed by atoms with E-state index in [2.05, 4.69) is 79.7 Å². The highest BCUT2D eigenvalue weighted by Gasteiger charge is 2.39. The molecule has 2 nitrogen and oxygen atoms in total. The highest BCUT2D eigenvalue weighted by molar-refractivity contribution is 6.73. The first-order valence-corrected chi connectivity index (χ1v) is 12.8. The molecular weight excluding hydrogens is 372 g/mol. The summed E-state index contributed by atoms with van der Waals surface area (Å²) in [6, 6.07) is 33.7. The van der Waals surface area contributed by atoms with Gasteiger partial charge in [0, 0.05) is 24.6 Å². The van der Waals surface area contributed by atoms with Gasteiger partial charge in [-0.2, -0.15) is 0 Å². The van der Waals surface area contributed by atoms with Gasteiger partial charge >= 0.3 is 0 Å². The first-order valence-electron chi connectivity index (χ1n) is 10.3. The van der Waals surface area contributed by atoms with Crippen LogP contribution in [0.5, 0.6) is 0 Å². The average molecular weight is 402 g/mol. The van der Waals surface area contributed by atoms with E-state index < -0.39 is 8.32 Å². The van der Waals surface area contributed by atoms with Crippen LogP contribution in [0, 0.1) is 6.92 Å². The van der Waals surface area contributed by atoms with Crippen molar-refractivity contribution in [3.8, 4) is 0 Å². The van der Waals surface area contributed by atoms with E-state index in [4.69, 9.17) is 4.43 Å². The third kappa shape index (κ3) is 6.72. The molecule has 1 radical (unpaired) electrons. The Morgan fingerprint density at radius 2 is 1.07 bits per heavy atom. The van der Waals surface area contributed by atoms with E-state index in [1.807, 2.05) is 18.2 Å². The van der Waals surface area contributed by atoms with Gasteiger partial charge in [-0.05, 0) is 23.1 Å². The number of carbonyl (C=O) groups is 1. The Bertz CT molecular complexity index is 762. The van der Waals surface area contributed by atoms with Gasteiger partial charge in [0.05, 0.1) is 0 Å². The first-order chi connectivity index (χ1) is 14.2. The molecule has 0 aliphatic carbocycles. The van der Waals surface area contributed by atoms with Crippen molar-refractivity contribution >= 4 is 14.3 Å². The van der Waals surface area contributed by atoms with Gasteiger partial charge < -0.3 is 4.43 Å². The molecule has 0 atom stereocenters. The van der Waals surface area contributed by atoms with Gasteiger partial charge in [-0.1, -0.05) is 104 Å². The zero-order chi connectivity index (χ0) is 20.4. The second-order valence-corrected chi connectivity index (χ2v) is 11.2. The van der Waals surface area contributed by atoms with Crippen molar-refractivity contribution in [1.82, 2.24) is 0 Å². The molecule has 0 bridgehead atoms. The monoisotopic (exact) mass is 401 g/mol. The molecule has 0 aliphatic rings. The Labute approximate surface area is 175 Å². The van der Waals surface area contributed by atoms with E-state index in [0.29, 0.717) is 6.42 Å². The fraction of sp³-hybridized carbons (Fsp3) is 0.231. The molecule has 0 saturated carbocycles. The number of hydrogen-bond acceptors (Lipinski definition) is 2. The summed E-state index contributed by atoms with van der Waals surface area (Å²) in [5.41, 5.74) is 3.70. The summed E-state index contributed by atoms with van der Waals surface area (Å²) in [4.78, 5) is 12.8. The van der Waals surface area contributed by atoms with Crippen molar-refractivity contribution in [1.29, 1.82) is 0 Å². The maximum Gasteiger partial charge on any atom is 0.292 e. The number of unbranched alkanes of at least 4 members (excludes halogenated alkanes) is 1. The molecule has 0 saturated heterocycles. The van der Waals surface area contributed by atoms with Gasteiger partial charge in [0.2, 0.25) is 0 Å². The fourth-order valence-electron chi connectivity index (χ4n) is 3.76. The van der Waals surface area contributed by atoms with Gasteiger partial charge in [0.15, 0.2) is 0 Å². The largest absolute Gasteiger partial charge is 0.518 e. The third-order valence-electron chi connectivity index (χ3n) is 5.07. The normalized spacial score (nSPS) is 11.2.